The molecule has 4 heterocycles. The highest BCUT2D eigenvalue weighted by molar-refractivity contribution is 7.13. The van der Waals surface area contributed by atoms with Gasteiger partial charge in [-0.25, -0.2) is 4.98 Å². The van der Waals surface area contributed by atoms with E-state index in [0.29, 0.717) is 24.0 Å². The van der Waals surface area contributed by atoms with Crippen LogP contribution in [0.3, 0.4) is 0 Å². The van der Waals surface area contributed by atoms with E-state index in [0.717, 1.165) is 53.8 Å². The van der Waals surface area contributed by atoms with Gasteiger partial charge in [-0.1, -0.05) is 5.16 Å². The van der Waals surface area contributed by atoms with Crippen molar-refractivity contribution in [3.8, 4) is 0 Å². The minimum atomic E-state index is -0.0809. The van der Waals surface area contributed by atoms with Gasteiger partial charge in [0.1, 0.15) is 5.76 Å². The standard InChI is InChI=1S/C21H26N6O2S/c1-13-7-17(24-21-23-14(2)12-30-21)9-18(22-13)16-5-4-6-27(10-16)11-20(28)25-19-8-15(3)29-26-19/h7-9,12,16H,4-6,10-11H2,1-3H3,(H,22,23,24)(H,25,26,28)/t16-/m1/s1. The number of hydrogen-bond donors (Lipinski definition) is 2. The van der Waals surface area contributed by atoms with Gasteiger partial charge in [0, 0.05) is 41.0 Å². The Labute approximate surface area is 179 Å². The summed E-state index contributed by atoms with van der Waals surface area (Å²) in [5.74, 6) is 1.34. The van der Waals surface area contributed by atoms with E-state index in [1.54, 1.807) is 24.3 Å². The topological polar surface area (TPSA) is 96.2 Å². The predicted molar refractivity (Wildman–Crippen MR) is 117 cm³/mol. The van der Waals surface area contributed by atoms with Crippen molar-refractivity contribution in [1.29, 1.82) is 0 Å². The van der Waals surface area contributed by atoms with Crippen LogP contribution in [0.1, 0.15) is 41.6 Å². The summed E-state index contributed by atoms with van der Waals surface area (Å²) in [5.41, 5.74) is 4.04. The largest absolute Gasteiger partial charge is 0.360 e. The van der Waals surface area contributed by atoms with Gasteiger partial charge in [-0.3, -0.25) is 14.7 Å². The normalized spacial score (nSPS) is 17.1. The van der Waals surface area contributed by atoms with Gasteiger partial charge in [-0.05, 0) is 52.3 Å². The van der Waals surface area contributed by atoms with E-state index in [1.165, 1.54) is 0 Å². The first kappa shape index (κ1) is 20.5. The van der Waals surface area contributed by atoms with Crippen molar-refractivity contribution in [2.45, 2.75) is 39.5 Å². The SMILES string of the molecule is Cc1cc(Nc2nc(C)cs2)cc([C@@H]2CCCN(CC(=O)Nc3cc(C)on3)C2)n1. The smallest absolute Gasteiger partial charge is 0.239 e. The molecule has 30 heavy (non-hydrogen) atoms. The Morgan fingerprint density at radius 3 is 2.83 bits per heavy atom. The monoisotopic (exact) mass is 426 g/mol. The molecule has 158 valence electrons. The number of carbonyl (C=O) groups is 1. The molecule has 1 atom stereocenters. The predicted octanol–water partition coefficient (Wildman–Crippen LogP) is 4.01. The molecule has 0 aliphatic carbocycles. The van der Waals surface area contributed by atoms with Gasteiger partial charge >= 0.3 is 0 Å². The molecule has 3 aromatic rings. The van der Waals surface area contributed by atoms with Gasteiger partial charge in [-0.15, -0.1) is 11.3 Å². The Morgan fingerprint density at radius 1 is 1.23 bits per heavy atom. The molecule has 9 heteroatoms. The van der Waals surface area contributed by atoms with E-state index >= 15 is 0 Å². The molecule has 0 unspecified atom stereocenters. The molecule has 4 rings (SSSR count). The highest BCUT2D eigenvalue weighted by atomic mass is 32.1. The fraction of sp³-hybridized carbons (Fsp3) is 0.429. The fourth-order valence-electron chi connectivity index (χ4n) is 3.76. The molecular formula is C21H26N6O2S. The van der Waals surface area contributed by atoms with Crippen LogP contribution in [-0.2, 0) is 4.79 Å². The first-order chi connectivity index (χ1) is 14.4. The summed E-state index contributed by atoms with van der Waals surface area (Å²) in [4.78, 5) is 23.8. The first-order valence-corrected chi connectivity index (χ1v) is 11.0. The molecule has 2 N–H and O–H groups in total. The zero-order valence-corrected chi connectivity index (χ0v) is 18.3. The van der Waals surface area contributed by atoms with Crippen molar-refractivity contribution in [2.75, 3.05) is 30.3 Å². The molecular weight excluding hydrogens is 400 g/mol. The lowest BCUT2D eigenvalue weighted by atomic mass is 9.93. The Bertz CT molecular complexity index is 1030. The minimum absolute atomic E-state index is 0.0809. The van der Waals surface area contributed by atoms with Gasteiger partial charge in [0.15, 0.2) is 10.9 Å². The number of nitrogens with zero attached hydrogens (tertiary/aromatic N) is 4. The van der Waals surface area contributed by atoms with Crippen LogP contribution < -0.4 is 10.6 Å². The summed E-state index contributed by atoms with van der Waals surface area (Å²) in [6.07, 6.45) is 2.10. The number of amides is 1. The van der Waals surface area contributed by atoms with Gasteiger partial charge < -0.3 is 15.2 Å². The van der Waals surface area contributed by atoms with Crippen LogP contribution in [0.5, 0.6) is 0 Å². The maximum Gasteiger partial charge on any atom is 0.239 e. The van der Waals surface area contributed by atoms with E-state index in [-0.39, 0.29) is 5.91 Å². The van der Waals surface area contributed by atoms with Gasteiger partial charge in [0.25, 0.3) is 0 Å². The number of piperidine rings is 1. The average Bonchev–Trinajstić information content (AvgIpc) is 3.29. The second-order valence-corrected chi connectivity index (χ2v) is 8.64. The summed E-state index contributed by atoms with van der Waals surface area (Å²) in [7, 11) is 0. The molecule has 0 radical (unpaired) electrons. The summed E-state index contributed by atoms with van der Waals surface area (Å²) >= 11 is 1.59. The number of aromatic nitrogens is 3. The highest BCUT2D eigenvalue weighted by Gasteiger charge is 2.24. The number of likely N-dealkylation sites (tertiary alicyclic amines) is 1. The number of hydrogen-bond acceptors (Lipinski definition) is 8. The molecule has 1 aliphatic rings. The van der Waals surface area contributed by atoms with E-state index in [2.05, 4.69) is 31.7 Å². The maximum absolute atomic E-state index is 12.4. The van der Waals surface area contributed by atoms with Crippen LogP contribution in [0.15, 0.2) is 28.1 Å². The highest BCUT2D eigenvalue weighted by Crippen LogP contribution is 2.29. The number of pyridine rings is 1. The van der Waals surface area contributed by atoms with Crippen LogP contribution in [0.4, 0.5) is 16.6 Å². The fourth-order valence-corrected chi connectivity index (χ4v) is 4.47. The third kappa shape index (κ3) is 5.22. The summed E-state index contributed by atoms with van der Waals surface area (Å²) < 4.78 is 5.00. The molecule has 0 saturated carbocycles. The lowest BCUT2D eigenvalue weighted by molar-refractivity contribution is -0.117. The second kappa shape index (κ2) is 8.93. The van der Waals surface area contributed by atoms with E-state index in [9.17, 15) is 4.79 Å². The molecule has 8 nitrogen and oxygen atoms in total. The second-order valence-electron chi connectivity index (χ2n) is 7.79. The lowest BCUT2D eigenvalue weighted by Gasteiger charge is -2.32. The number of anilines is 3. The average molecular weight is 427 g/mol. The van der Waals surface area contributed by atoms with Crippen LogP contribution in [0.2, 0.25) is 0 Å². The molecule has 0 aromatic carbocycles. The zero-order chi connectivity index (χ0) is 21.1. The Balaban J connectivity index is 1.40. The number of aryl methyl sites for hydroxylation is 3. The molecule has 1 amide bonds. The van der Waals surface area contributed by atoms with E-state index in [1.807, 2.05) is 25.3 Å². The van der Waals surface area contributed by atoms with Crippen LogP contribution >= 0.6 is 11.3 Å². The van der Waals surface area contributed by atoms with E-state index < -0.39 is 0 Å². The van der Waals surface area contributed by atoms with Crippen LogP contribution in [-0.4, -0.2) is 45.6 Å². The quantitative estimate of drug-likeness (QED) is 0.615. The van der Waals surface area contributed by atoms with Crippen molar-refractivity contribution in [3.63, 3.8) is 0 Å². The molecule has 0 spiro atoms. The van der Waals surface area contributed by atoms with Crippen molar-refractivity contribution in [3.05, 3.63) is 46.4 Å². The third-order valence-corrected chi connectivity index (χ3v) is 5.91. The van der Waals surface area contributed by atoms with Crippen molar-refractivity contribution >= 4 is 33.9 Å². The van der Waals surface area contributed by atoms with Crippen molar-refractivity contribution < 1.29 is 9.32 Å². The molecule has 1 fully saturated rings. The lowest BCUT2D eigenvalue weighted by Crippen LogP contribution is -2.40. The maximum atomic E-state index is 12.4. The van der Waals surface area contributed by atoms with Gasteiger partial charge in [-0.2, -0.15) is 0 Å². The van der Waals surface area contributed by atoms with Gasteiger partial charge in [0.2, 0.25) is 5.91 Å². The summed E-state index contributed by atoms with van der Waals surface area (Å²) in [6, 6.07) is 5.86. The Hall–Kier alpha value is -2.78. The Morgan fingerprint density at radius 2 is 2.10 bits per heavy atom. The molecule has 1 aliphatic heterocycles. The third-order valence-electron chi connectivity index (χ3n) is 5.03. The van der Waals surface area contributed by atoms with Crippen LogP contribution in [0.25, 0.3) is 0 Å². The summed E-state index contributed by atoms with van der Waals surface area (Å²) in [6.45, 7) is 7.83. The minimum Gasteiger partial charge on any atom is -0.360 e. The Kier molecular flexibility index (Phi) is 6.10. The van der Waals surface area contributed by atoms with Gasteiger partial charge in [0.05, 0.1) is 12.2 Å². The molecule has 3 aromatic heterocycles. The zero-order valence-electron chi connectivity index (χ0n) is 17.4. The first-order valence-electron chi connectivity index (χ1n) is 10.1. The van der Waals surface area contributed by atoms with Crippen LogP contribution in [0, 0.1) is 20.8 Å². The number of thiazole rings is 1. The number of carbonyl (C=O) groups excluding carboxylic acids is 1. The molecule has 1 saturated heterocycles. The number of nitrogens with one attached hydrogen (secondary N) is 2. The summed E-state index contributed by atoms with van der Waals surface area (Å²) in [5, 5.41) is 12.9. The molecule has 0 bridgehead atoms. The number of rotatable bonds is 6. The van der Waals surface area contributed by atoms with Crippen molar-refractivity contribution in [2.24, 2.45) is 0 Å². The van der Waals surface area contributed by atoms with E-state index in [4.69, 9.17) is 9.51 Å². The van der Waals surface area contributed by atoms with Crippen molar-refractivity contribution in [1.82, 2.24) is 20.0 Å².